The van der Waals surface area contributed by atoms with E-state index in [0.717, 1.165) is 24.8 Å². The number of phenolic OH excluding ortho intramolecular Hbond substituents is 2. The molecule has 0 fully saturated rings. The maximum atomic E-state index is 12.3. The molecule has 0 saturated heterocycles. The number of hydrogen-bond acceptors (Lipinski definition) is 3. The van der Waals surface area contributed by atoms with Gasteiger partial charge in [0, 0.05) is 0 Å². The lowest BCUT2D eigenvalue weighted by Crippen LogP contribution is -2.31. The number of amides is 1. The van der Waals surface area contributed by atoms with Crippen LogP contribution in [0.2, 0.25) is 0 Å². The summed E-state index contributed by atoms with van der Waals surface area (Å²) in [6.45, 7) is 0. The Morgan fingerprint density at radius 3 is 2.81 bits per heavy atom. The summed E-state index contributed by atoms with van der Waals surface area (Å²) in [6.07, 6.45) is 2.93. The zero-order chi connectivity index (χ0) is 14.8. The maximum absolute atomic E-state index is 12.3. The Bertz CT molecular complexity index is 681. The minimum absolute atomic E-state index is 0.0398. The Labute approximate surface area is 123 Å². The molecule has 2 aromatic rings. The highest BCUT2D eigenvalue weighted by molar-refractivity contribution is 5.97. The van der Waals surface area contributed by atoms with Crippen LogP contribution in [0.1, 0.15) is 40.4 Å². The summed E-state index contributed by atoms with van der Waals surface area (Å²) in [5.41, 5.74) is 2.49. The molecule has 0 saturated carbocycles. The van der Waals surface area contributed by atoms with Crippen LogP contribution in [0.5, 0.6) is 11.5 Å². The van der Waals surface area contributed by atoms with E-state index in [1.54, 1.807) is 0 Å². The number of carbonyl (C=O) groups excluding carboxylic acids is 1. The second kappa shape index (κ2) is 5.48. The fourth-order valence-corrected chi connectivity index (χ4v) is 2.85. The van der Waals surface area contributed by atoms with E-state index >= 15 is 0 Å². The largest absolute Gasteiger partial charge is 0.508 e. The van der Waals surface area contributed by atoms with E-state index in [2.05, 4.69) is 11.4 Å². The predicted molar refractivity (Wildman–Crippen MR) is 79.4 cm³/mol. The molecule has 0 heterocycles. The van der Waals surface area contributed by atoms with Crippen molar-refractivity contribution >= 4 is 5.91 Å². The summed E-state index contributed by atoms with van der Waals surface area (Å²) in [4.78, 5) is 12.3. The van der Waals surface area contributed by atoms with E-state index in [-0.39, 0.29) is 29.0 Å². The number of phenols is 2. The van der Waals surface area contributed by atoms with Crippen LogP contribution in [0.4, 0.5) is 0 Å². The van der Waals surface area contributed by atoms with E-state index in [1.165, 1.54) is 23.8 Å². The number of aryl methyl sites for hydroxylation is 1. The van der Waals surface area contributed by atoms with Crippen molar-refractivity contribution in [2.75, 3.05) is 0 Å². The van der Waals surface area contributed by atoms with Gasteiger partial charge in [-0.15, -0.1) is 0 Å². The molecule has 2 aromatic carbocycles. The summed E-state index contributed by atoms with van der Waals surface area (Å²) < 4.78 is 0. The van der Waals surface area contributed by atoms with E-state index in [4.69, 9.17) is 0 Å². The first kappa shape index (κ1) is 13.5. The number of hydrogen-bond donors (Lipinski definition) is 3. The van der Waals surface area contributed by atoms with Crippen LogP contribution in [0.3, 0.4) is 0 Å². The Morgan fingerprint density at radius 2 is 1.95 bits per heavy atom. The number of rotatable bonds is 2. The summed E-state index contributed by atoms with van der Waals surface area (Å²) in [5.74, 6) is -0.540. The number of aromatic hydroxyl groups is 2. The van der Waals surface area contributed by atoms with Gasteiger partial charge in [0.25, 0.3) is 5.91 Å². The second-order valence-corrected chi connectivity index (χ2v) is 5.32. The highest BCUT2D eigenvalue weighted by atomic mass is 16.3. The molecule has 21 heavy (non-hydrogen) atoms. The van der Waals surface area contributed by atoms with Crippen LogP contribution in [0, 0.1) is 0 Å². The van der Waals surface area contributed by atoms with Gasteiger partial charge in [-0.25, -0.2) is 0 Å². The van der Waals surface area contributed by atoms with Crippen LogP contribution < -0.4 is 5.32 Å². The molecule has 3 rings (SSSR count). The summed E-state index contributed by atoms with van der Waals surface area (Å²) in [7, 11) is 0. The molecule has 1 aliphatic carbocycles. The van der Waals surface area contributed by atoms with Crippen LogP contribution in [-0.4, -0.2) is 16.1 Å². The van der Waals surface area contributed by atoms with E-state index in [1.807, 2.05) is 18.2 Å². The number of benzene rings is 2. The van der Waals surface area contributed by atoms with Gasteiger partial charge in [-0.3, -0.25) is 4.79 Å². The first-order valence-corrected chi connectivity index (χ1v) is 7.06. The molecule has 4 heteroatoms. The Kier molecular flexibility index (Phi) is 3.52. The molecule has 1 atom stereocenters. The third kappa shape index (κ3) is 2.70. The molecule has 0 spiro atoms. The molecule has 1 aliphatic rings. The van der Waals surface area contributed by atoms with Crippen LogP contribution in [-0.2, 0) is 6.42 Å². The molecule has 0 radical (unpaired) electrons. The third-order valence-corrected chi connectivity index (χ3v) is 3.90. The Hall–Kier alpha value is -2.49. The highest BCUT2D eigenvalue weighted by Crippen LogP contribution is 2.30. The summed E-state index contributed by atoms with van der Waals surface area (Å²) in [5, 5.41) is 22.2. The quantitative estimate of drug-likeness (QED) is 0.742. The lowest BCUT2D eigenvalue weighted by Gasteiger charge is -2.26. The van der Waals surface area contributed by atoms with Gasteiger partial charge in [0.05, 0.1) is 11.6 Å². The lowest BCUT2D eigenvalue weighted by atomic mass is 9.87. The van der Waals surface area contributed by atoms with Crippen molar-refractivity contribution < 1.29 is 15.0 Å². The van der Waals surface area contributed by atoms with E-state index in [0.29, 0.717) is 0 Å². The Morgan fingerprint density at radius 1 is 1.14 bits per heavy atom. The molecular weight excluding hydrogens is 266 g/mol. The van der Waals surface area contributed by atoms with Crippen molar-refractivity contribution in [3.63, 3.8) is 0 Å². The SMILES string of the molecule is O=C(NC1CCCc2ccccc21)c1cc(O)ccc1O. The van der Waals surface area contributed by atoms with Gasteiger partial charge in [0.15, 0.2) is 0 Å². The first-order chi connectivity index (χ1) is 10.1. The van der Waals surface area contributed by atoms with Gasteiger partial charge < -0.3 is 15.5 Å². The third-order valence-electron chi connectivity index (χ3n) is 3.90. The Balaban J connectivity index is 1.84. The lowest BCUT2D eigenvalue weighted by molar-refractivity contribution is 0.0929. The van der Waals surface area contributed by atoms with Crippen LogP contribution >= 0.6 is 0 Å². The van der Waals surface area contributed by atoms with E-state index in [9.17, 15) is 15.0 Å². The molecule has 3 N–H and O–H groups in total. The van der Waals surface area contributed by atoms with Crippen molar-refractivity contribution in [1.82, 2.24) is 5.32 Å². The number of carbonyl (C=O) groups is 1. The molecule has 108 valence electrons. The normalized spacial score (nSPS) is 17.0. The predicted octanol–water partition coefficient (Wildman–Crippen LogP) is 2.91. The molecule has 1 amide bonds. The molecule has 0 aliphatic heterocycles. The maximum Gasteiger partial charge on any atom is 0.255 e. The number of fused-ring (bicyclic) bond motifs is 1. The standard InChI is InChI=1S/C17H17NO3/c19-12-8-9-16(20)14(10-12)17(21)18-15-7-3-5-11-4-1-2-6-13(11)15/h1-2,4,6,8-10,15,19-20H,3,5,7H2,(H,18,21). The van der Waals surface area contributed by atoms with Crippen molar-refractivity contribution in [1.29, 1.82) is 0 Å². The van der Waals surface area contributed by atoms with Crippen molar-refractivity contribution in [3.8, 4) is 11.5 Å². The van der Waals surface area contributed by atoms with E-state index < -0.39 is 0 Å². The fraction of sp³-hybridized carbons (Fsp3) is 0.235. The minimum Gasteiger partial charge on any atom is -0.508 e. The molecule has 1 unspecified atom stereocenters. The van der Waals surface area contributed by atoms with Crippen molar-refractivity contribution in [2.45, 2.75) is 25.3 Å². The second-order valence-electron chi connectivity index (χ2n) is 5.32. The van der Waals surface area contributed by atoms with Gasteiger partial charge in [0.2, 0.25) is 0 Å². The zero-order valence-corrected chi connectivity index (χ0v) is 11.5. The first-order valence-electron chi connectivity index (χ1n) is 7.06. The molecular formula is C17H17NO3. The smallest absolute Gasteiger partial charge is 0.255 e. The van der Waals surface area contributed by atoms with Gasteiger partial charge in [-0.1, -0.05) is 24.3 Å². The van der Waals surface area contributed by atoms with Gasteiger partial charge in [-0.2, -0.15) is 0 Å². The molecule has 4 nitrogen and oxygen atoms in total. The number of nitrogens with one attached hydrogen (secondary N) is 1. The highest BCUT2D eigenvalue weighted by Gasteiger charge is 2.23. The van der Waals surface area contributed by atoms with Crippen LogP contribution in [0.25, 0.3) is 0 Å². The fourth-order valence-electron chi connectivity index (χ4n) is 2.85. The topological polar surface area (TPSA) is 69.6 Å². The average Bonchev–Trinajstić information content (AvgIpc) is 2.50. The van der Waals surface area contributed by atoms with Gasteiger partial charge in [0.1, 0.15) is 11.5 Å². The zero-order valence-electron chi connectivity index (χ0n) is 11.5. The van der Waals surface area contributed by atoms with Gasteiger partial charge in [-0.05, 0) is 48.6 Å². The minimum atomic E-state index is -0.370. The van der Waals surface area contributed by atoms with Crippen molar-refractivity contribution in [3.05, 3.63) is 59.2 Å². The monoisotopic (exact) mass is 283 g/mol. The van der Waals surface area contributed by atoms with Gasteiger partial charge >= 0.3 is 0 Å². The summed E-state index contributed by atoms with van der Waals surface area (Å²) >= 11 is 0. The van der Waals surface area contributed by atoms with Crippen molar-refractivity contribution in [2.24, 2.45) is 0 Å². The van der Waals surface area contributed by atoms with Crippen LogP contribution in [0.15, 0.2) is 42.5 Å². The molecule has 0 aromatic heterocycles. The summed E-state index contributed by atoms with van der Waals surface area (Å²) in [6, 6.07) is 12.0. The molecule has 0 bridgehead atoms. The average molecular weight is 283 g/mol.